The third-order valence-electron chi connectivity index (χ3n) is 3.28. The van der Waals surface area contributed by atoms with Crippen LogP contribution < -0.4 is 0 Å². The number of hydrogen-bond donors (Lipinski definition) is 0. The molecule has 0 aromatic rings. The van der Waals surface area contributed by atoms with Crippen LogP contribution in [0.4, 0.5) is 0 Å². The second-order valence-corrected chi connectivity index (χ2v) is 7.10. The van der Waals surface area contributed by atoms with Crippen molar-refractivity contribution in [3.63, 3.8) is 0 Å². The van der Waals surface area contributed by atoms with Crippen LogP contribution >= 0.6 is 0 Å². The Labute approximate surface area is 111 Å². The Morgan fingerprint density at radius 2 is 1.72 bits per heavy atom. The molecule has 0 aliphatic carbocycles. The van der Waals surface area contributed by atoms with E-state index in [0.717, 1.165) is 6.54 Å². The summed E-state index contributed by atoms with van der Waals surface area (Å²) in [5.41, 5.74) is 4.09. The van der Waals surface area contributed by atoms with Crippen LogP contribution in [0.25, 0.3) is 0 Å². The first-order chi connectivity index (χ1) is 8.21. The summed E-state index contributed by atoms with van der Waals surface area (Å²) in [5, 5.41) is 0. The molecule has 2 nitrogen and oxygen atoms in total. The molecule has 0 aromatic carbocycles. The molecule has 0 saturated carbocycles. The molecule has 2 aliphatic rings. The van der Waals surface area contributed by atoms with E-state index in [4.69, 9.17) is 4.99 Å². The Bertz CT molecular complexity index is 462. The Balaban J connectivity index is 2.64. The minimum atomic E-state index is 0.0766. The van der Waals surface area contributed by atoms with Crippen molar-refractivity contribution >= 4 is 6.34 Å². The molecule has 0 unspecified atom stereocenters. The molecule has 0 atom stereocenters. The Hall–Kier alpha value is -1.31. The van der Waals surface area contributed by atoms with E-state index < -0.39 is 0 Å². The molecular weight excluding hydrogens is 220 g/mol. The zero-order valence-electron chi connectivity index (χ0n) is 12.4. The average Bonchev–Trinajstić information content (AvgIpc) is 2.24. The summed E-state index contributed by atoms with van der Waals surface area (Å²) in [7, 11) is 0. The molecule has 0 radical (unpaired) electrons. The largest absolute Gasteiger partial charge is 0.328 e. The lowest BCUT2D eigenvalue weighted by Crippen LogP contribution is -2.34. The molecule has 18 heavy (non-hydrogen) atoms. The van der Waals surface area contributed by atoms with Gasteiger partial charge >= 0.3 is 0 Å². The van der Waals surface area contributed by atoms with Crippen LogP contribution in [0.1, 0.15) is 41.5 Å². The molecule has 2 aliphatic heterocycles. The summed E-state index contributed by atoms with van der Waals surface area (Å²) in [5.74, 6) is 0. The van der Waals surface area contributed by atoms with Gasteiger partial charge in [-0.1, -0.05) is 53.7 Å². The summed E-state index contributed by atoms with van der Waals surface area (Å²) in [4.78, 5) is 6.97. The van der Waals surface area contributed by atoms with E-state index in [0.29, 0.717) is 0 Å². The lowest BCUT2D eigenvalue weighted by molar-refractivity contribution is 0.412. The van der Waals surface area contributed by atoms with Crippen LogP contribution in [0.2, 0.25) is 0 Å². The van der Waals surface area contributed by atoms with Gasteiger partial charge in [-0.15, -0.1) is 0 Å². The van der Waals surface area contributed by atoms with Gasteiger partial charge in [-0.3, -0.25) is 0 Å². The molecule has 0 saturated heterocycles. The van der Waals surface area contributed by atoms with Crippen molar-refractivity contribution in [2.24, 2.45) is 15.8 Å². The van der Waals surface area contributed by atoms with Crippen molar-refractivity contribution in [2.45, 2.75) is 41.5 Å². The molecular formula is C16H24N2. The highest BCUT2D eigenvalue weighted by Gasteiger charge is 2.34. The van der Waals surface area contributed by atoms with Gasteiger partial charge < -0.3 is 4.90 Å². The van der Waals surface area contributed by atoms with Gasteiger partial charge in [0, 0.05) is 23.2 Å². The Morgan fingerprint density at radius 3 is 2.28 bits per heavy atom. The van der Waals surface area contributed by atoms with Crippen molar-refractivity contribution in [2.75, 3.05) is 6.54 Å². The highest BCUT2D eigenvalue weighted by molar-refractivity contribution is 5.68. The molecule has 2 heterocycles. The van der Waals surface area contributed by atoms with E-state index in [2.05, 4.69) is 64.7 Å². The van der Waals surface area contributed by atoms with Crippen LogP contribution in [0.15, 0.2) is 40.2 Å². The number of allylic oxidation sites excluding steroid dienone is 4. The third kappa shape index (κ3) is 2.29. The van der Waals surface area contributed by atoms with Crippen LogP contribution in [-0.4, -0.2) is 17.8 Å². The van der Waals surface area contributed by atoms with Crippen LogP contribution in [0.5, 0.6) is 0 Å². The maximum Gasteiger partial charge on any atom is 0.0956 e. The van der Waals surface area contributed by atoms with Crippen molar-refractivity contribution in [1.82, 2.24) is 4.90 Å². The summed E-state index contributed by atoms with van der Waals surface area (Å²) < 4.78 is 0. The van der Waals surface area contributed by atoms with E-state index in [1.54, 1.807) is 0 Å². The predicted octanol–water partition coefficient (Wildman–Crippen LogP) is 4.13. The molecule has 2 heteroatoms. The highest BCUT2D eigenvalue weighted by Crippen LogP contribution is 2.43. The fourth-order valence-corrected chi connectivity index (χ4v) is 2.49. The van der Waals surface area contributed by atoms with Crippen molar-refractivity contribution < 1.29 is 0 Å². The molecule has 0 amide bonds. The van der Waals surface area contributed by atoms with E-state index in [1.807, 2.05) is 6.34 Å². The van der Waals surface area contributed by atoms with Gasteiger partial charge in [-0.2, -0.15) is 0 Å². The number of hydrogen-bond acceptors (Lipinski definition) is 2. The summed E-state index contributed by atoms with van der Waals surface area (Å²) >= 11 is 0. The zero-order chi connectivity index (χ0) is 13.6. The first kappa shape index (κ1) is 13.1. The van der Waals surface area contributed by atoms with E-state index in [9.17, 15) is 0 Å². The number of rotatable bonds is 0. The SMILES string of the molecule is CC(C)(C)C1=C(C(C)(C)C)C2=CC=CCN2C=N1. The predicted molar refractivity (Wildman–Crippen MR) is 78.4 cm³/mol. The molecule has 0 fully saturated rings. The van der Waals surface area contributed by atoms with Crippen LogP contribution in [0, 0.1) is 10.8 Å². The maximum absolute atomic E-state index is 4.74. The van der Waals surface area contributed by atoms with Crippen LogP contribution in [0.3, 0.4) is 0 Å². The summed E-state index contributed by atoms with van der Waals surface area (Å²) in [6.07, 6.45) is 8.50. The second kappa shape index (κ2) is 4.11. The molecule has 0 spiro atoms. The molecule has 98 valence electrons. The zero-order valence-corrected chi connectivity index (χ0v) is 12.4. The Morgan fingerprint density at radius 1 is 1.06 bits per heavy atom. The first-order valence-corrected chi connectivity index (χ1v) is 6.64. The van der Waals surface area contributed by atoms with Gasteiger partial charge in [-0.25, -0.2) is 4.99 Å². The van der Waals surface area contributed by atoms with Gasteiger partial charge in [0.2, 0.25) is 0 Å². The quantitative estimate of drug-likeness (QED) is 0.625. The fraction of sp³-hybridized carbons (Fsp3) is 0.562. The standard InChI is InChI=1S/C16H24N2/c1-15(2,3)13-12-9-7-8-10-18(12)11-17-14(13)16(4,5)6/h7-9,11H,10H2,1-6H3. The van der Waals surface area contributed by atoms with Crippen LogP contribution in [-0.2, 0) is 0 Å². The van der Waals surface area contributed by atoms with Crippen molar-refractivity contribution in [3.8, 4) is 0 Å². The minimum absolute atomic E-state index is 0.0766. The number of fused-ring (bicyclic) bond motifs is 1. The highest BCUT2D eigenvalue weighted by atomic mass is 15.2. The summed E-state index contributed by atoms with van der Waals surface area (Å²) in [6, 6.07) is 0. The topological polar surface area (TPSA) is 15.6 Å². The molecule has 0 N–H and O–H groups in total. The van der Waals surface area contributed by atoms with E-state index >= 15 is 0 Å². The maximum atomic E-state index is 4.74. The van der Waals surface area contributed by atoms with Crippen molar-refractivity contribution in [1.29, 1.82) is 0 Å². The van der Waals surface area contributed by atoms with Crippen molar-refractivity contribution in [3.05, 3.63) is 35.2 Å². The molecule has 0 aromatic heterocycles. The van der Waals surface area contributed by atoms with Gasteiger partial charge in [-0.05, 0) is 11.5 Å². The van der Waals surface area contributed by atoms with Gasteiger partial charge in [0.15, 0.2) is 0 Å². The average molecular weight is 244 g/mol. The first-order valence-electron chi connectivity index (χ1n) is 6.64. The second-order valence-electron chi connectivity index (χ2n) is 7.10. The van der Waals surface area contributed by atoms with E-state index in [-0.39, 0.29) is 10.8 Å². The summed E-state index contributed by atoms with van der Waals surface area (Å²) in [6.45, 7) is 14.4. The third-order valence-corrected chi connectivity index (χ3v) is 3.28. The number of aliphatic imine (C=N–C) groups is 1. The lowest BCUT2D eigenvalue weighted by Gasteiger charge is -2.39. The minimum Gasteiger partial charge on any atom is -0.328 e. The normalized spacial score (nSPS) is 20.1. The lowest BCUT2D eigenvalue weighted by atomic mass is 9.76. The van der Waals surface area contributed by atoms with Gasteiger partial charge in [0.25, 0.3) is 0 Å². The molecule has 0 bridgehead atoms. The van der Waals surface area contributed by atoms with E-state index in [1.165, 1.54) is 17.0 Å². The molecule has 2 rings (SSSR count). The smallest absolute Gasteiger partial charge is 0.0956 e. The van der Waals surface area contributed by atoms with Gasteiger partial charge in [0.05, 0.1) is 12.0 Å². The Kier molecular flexibility index (Phi) is 3.00. The van der Waals surface area contributed by atoms with Gasteiger partial charge in [0.1, 0.15) is 0 Å². The fourth-order valence-electron chi connectivity index (χ4n) is 2.49. The number of nitrogens with zero attached hydrogens (tertiary/aromatic N) is 2. The monoisotopic (exact) mass is 244 g/mol.